The van der Waals surface area contributed by atoms with Gasteiger partial charge in [0.25, 0.3) is 0 Å². The van der Waals surface area contributed by atoms with Gasteiger partial charge in [-0.3, -0.25) is 19.0 Å². The number of aliphatic carboxylic acids is 1. The van der Waals surface area contributed by atoms with Crippen molar-refractivity contribution in [1.29, 1.82) is 0 Å². The van der Waals surface area contributed by atoms with Gasteiger partial charge in [-0.1, -0.05) is 37.3 Å². The van der Waals surface area contributed by atoms with E-state index in [-0.39, 0.29) is 39.9 Å². The summed E-state index contributed by atoms with van der Waals surface area (Å²) in [5, 5.41) is 30.5. The summed E-state index contributed by atoms with van der Waals surface area (Å²) in [7, 11) is 0. The van der Waals surface area contributed by atoms with Gasteiger partial charge in [0.05, 0.1) is 22.7 Å². The van der Waals surface area contributed by atoms with Crippen LogP contribution in [-0.4, -0.2) is 37.4 Å². The number of carbonyl (C=O) groups excluding carboxylic acids is 2. The summed E-state index contributed by atoms with van der Waals surface area (Å²) >= 11 is 0. The van der Waals surface area contributed by atoms with Crippen molar-refractivity contribution in [2.75, 3.05) is 0 Å². The van der Waals surface area contributed by atoms with E-state index in [0.717, 1.165) is 10.6 Å². The molecule has 1 heterocycles. The SMILES string of the molecule is CCC(C(=O)O)c1ccc(-n2c(O)c3c(c2O)C(=O)c2ccccc2C3=O)cc1F. The fraction of sp³-hybridized carbons (Fsp3) is 0.136. The van der Waals surface area contributed by atoms with Crippen LogP contribution in [0.3, 0.4) is 0 Å². The number of aromatic hydroxyl groups is 2. The molecule has 0 spiro atoms. The van der Waals surface area contributed by atoms with E-state index in [2.05, 4.69) is 0 Å². The molecule has 30 heavy (non-hydrogen) atoms. The first-order valence-electron chi connectivity index (χ1n) is 9.15. The predicted octanol–water partition coefficient (Wildman–Crippen LogP) is 3.38. The summed E-state index contributed by atoms with van der Waals surface area (Å²) in [4.78, 5) is 37.0. The molecule has 7 nitrogen and oxygen atoms in total. The monoisotopic (exact) mass is 409 g/mol. The summed E-state index contributed by atoms with van der Waals surface area (Å²) in [5.41, 5.74) is -0.655. The summed E-state index contributed by atoms with van der Waals surface area (Å²) in [6.45, 7) is 1.61. The van der Waals surface area contributed by atoms with Crippen LogP contribution in [0.25, 0.3) is 5.69 Å². The molecule has 0 bridgehead atoms. The molecule has 1 aliphatic rings. The van der Waals surface area contributed by atoms with Gasteiger partial charge in [-0.2, -0.15) is 0 Å². The Balaban J connectivity index is 1.89. The summed E-state index contributed by atoms with van der Waals surface area (Å²) in [6.07, 6.45) is 0.168. The summed E-state index contributed by atoms with van der Waals surface area (Å²) in [6, 6.07) is 9.51. The summed E-state index contributed by atoms with van der Waals surface area (Å²) < 4.78 is 15.5. The number of carboxylic acid groups (broad SMARTS) is 1. The number of fused-ring (bicyclic) bond motifs is 2. The third-order valence-electron chi connectivity index (χ3n) is 5.32. The molecule has 0 aliphatic heterocycles. The highest BCUT2D eigenvalue weighted by atomic mass is 19.1. The average molecular weight is 409 g/mol. The highest BCUT2D eigenvalue weighted by Crippen LogP contribution is 2.42. The molecular weight excluding hydrogens is 393 g/mol. The fourth-order valence-electron chi connectivity index (χ4n) is 3.84. The van der Waals surface area contributed by atoms with Crippen molar-refractivity contribution in [3.63, 3.8) is 0 Å². The molecule has 1 unspecified atom stereocenters. The molecule has 1 aliphatic carbocycles. The molecule has 8 heteroatoms. The average Bonchev–Trinajstić information content (AvgIpc) is 2.98. The van der Waals surface area contributed by atoms with Crippen LogP contribution in [0.1, 0.15) is 56.7 Å². The van der Waals surface area contributed by atoms with Crippen LogP contribution in [0.2, 0.25) is 0 Å². The first kappa shape index (κ1) is 19.4. The first-order chi connectivity index (χ1) is 14.3. The lowest BCUT2D eigenvalue weighted by atomic mass is 9.86. The Labute approximate surface area is 169 Å². The molecule has 1 atom stereocenters. The first-order valence-corrected chi connectivity index (χ1v) is 9.15. The number of aromatic nitrogens is 1. The molecule has 3 N–H and O–H groups in total. The van der Waals surface area contributed by atoms with E-state index >= 15 is 0 Å². The lowest BCUT2D eigenvalue weighted by Crippen LogP contribution is -2.19. The van der Waals surface area contributed by atoms with Crippen LogP contribution in [0.15, 0.2) is 42.5 Å². The maximum Gasteiger partial charge on any atom is 0.311 e. The van der Waals surface area contributed by atoms with Gasteiger partial charge in [-0.25, -0.2) is 4.39 Å². The standard InChI is InChI=1S/C22H16FNO6/c1-2-11(22(29)30)12-8-7-10(9-15(12)23)24-20(27)16-17(21(24)28)19(26)14-6-4-3-5-13(14)18(16)25/h3-9,11,27-28H,2H2,1H3,(H,29,30). The Morgan fingerprint density at radius 3 is 1.97 bits per heavy atom. The van der Waals surface area contributed by atoms with Gasteiger partial charge < -0.3 is 15.3 Å². The van der Waals surface area contributed by atoms with Gasteiger partial charge in [-0.05, 0) is 18.6 Å². The van der Waals surface area contributed by atoms with Gasteiger partial charge in [-0.15, -0.1) is 0 Å². The van der Waals surface area contributed by atoms with Crippen molar-refractivity contribution in [1.82, 2.24) is 4.57 Å². The topological polar surface area (TPSA) is 117 Å². The van der Waals surface area contributed by atoms with E-state index in [4.69, 9.17) is 0 Å². The van der Waals surface area contributed by atoms with Crippen LogP contribution in [-0.2, 0) is 4.79 Å². The number of hydrogen-bond donors (Lipinski definition) is 3. The van der Waals surface area contributed by atoms with E-state index in [1.165, 1.54) is 24.3 Å². The molecular formula is C22H16FNO6. The second kappa shape index (κ2) is 6.84. The molecule has 4 rings (SSSR count). The second-order valence-corrected chi connectivity index (χ2v) is 6.94. The van der Waals surface area contributed by atoms with E-state index in [9.17, 15) is 34.1 Å². The van der Waals surface area contributed by atoms with E-state index in [1.807, 2.05) is 0 Å². The maximum absolute atomic E-state index is 14.7. The molecule has 1 aromatic heterocycles. The van der Waals surface area contributed by atoms with Crippen molar-refractivity contribution in [3.8, 4) is 17.4 Å². The molecule has 0 saturated heterocycles. The molecule has 0 amide bonds. The van der Waals surface area contributed by atoms with Gasteiger partial charge in [0.15, 0.2) is 11.6 Å². The highest BCUT2D eigenvalue weighted by Gasteiger charge is 2.39. The van der Waals surface area contributed by atoms with Crippen molar-refractivity contribution in [3.05, 3.63) is 76.1 Å². The Kier molecular flexibility index (Phi) is 4.42. The largest absolute Gasteiger partial charge is 0.494 e. The van der Waals surface area contributed by atoms with Crippen LogP contribution in [0.5, 0.6) is 11.8 Å². The number of benzene rings is 2. The number of halogens is 1. The molecule has 2 aromatic carbocycles. The van der Waals surface area contributed by atoms with E-state index in [0.29, 0.717) is 0 Å². The third-order valence-corrected chi connectivity index (χ3v) is 5.32. The van der Waals surface area contributed by atoms with Crippen LogP contribution >= 0.6 is 0 Å². The Hall–Kier alpha value is -3.94. The highest BCUT2D eigenvalue weighted by molar-refractivity contribution is 6.30. The smallest absolute Gasteiger partial charge is 0.311 e. The van der Waals surface area contributed by atoms with Crippen molar-refractivity contribution < 1.29 is 34.1 Å². The number of rotatable bonds is 4. The molecule has 3 aromatic rings. The normalized spacial score (nSPS) is 13.7. The van der Waals surface area contributed by atoms with Crippen LogP contribution < -0.4 is 0 Å². The minimum atomic E-state index is -1.18. The maximum atomic E-state index is 14.7. The predicted molar refractivity (Wildman–Crippen MR) is 103 cm³/mol. The number of hydrogen-bond acceptors (Lipinski definition) is 5. The van der Waals surface area contributed by atoms with Crippen LogP contribution in [0, 0.1) is 5.82 Å². The number of nitrogens with zero attached hydrogens (tertiary/aromatic N) is 1. The third kappa shape index (κ3) is 2.61. The van der Waals surface area contributed by atoms with Gasteiger partial charge >= 0.3 is 5.97 Å². The van der Waals surface area contributed by atoms with Gasteiger partial charge in [0.2, 0.25) is 11.8 Å². The van der Waals surface area contributed by atoms with Crippen molar-refractivity contribution in [2.24, 2.45) is 0 Å². The minimum absolute atomic E-state index is 0.0517. The van der Waals surface area contributed by atoms with Crippen molar-refractivity contribution in [2.45, 2.75) is 19.3 Å². The van der Waals surface area contributed by atoms with Gasteiger partial charge in [0, 0.05) is 16.7 Å². The lowest BCUT2D eigenvalue weighted by molar-refractivity contribution is -0.138. The minimum Gasteiger partial charge on any atom is -0.494 e. The van der Waals surface area contributed by atoms with Gasteiger partial charge in [0.1, 0.15) is 5.82 Å². The molecule has 0 saturated carbocycles. The fourth-order valence-corrected chi connectivity index (χ4v) is 3.84. The molecule has 0 fully saturated rings. The molecule has 152 valence electrons. The lowest BCUT2D eigenvalue weighted by Gasteiger charge is -2.13. The van der Waals surface area contributed by atoms with Crippen molar-refractivity contribution >= 4 is 17.5 Å². The zero-order chi connectivity index (χ0) is 21.7. The number of carbonyl (C=O) groups is 3. The second-order valence-electron chi connectivity index (χ2n) is 6.94. The number of carboxylic acids is 1. The summed E-state index contributed by atoms with van der Waals surface area (Å²) in [5.74, 6) is -5.77. The molecule has 0 radical (unpaired) electrons. The Bertz CT molecular complexity index is 1180. The van der Waals surface area contributed by atoms with E-state index < -0.39 is 41.0 Å². The Morgan fingerprint density at radius 1 is 1.00 bits per heavy atom. The zero-order valence-electron chi connectivity index (χ0n) is 15.7. The van der Waals surface area contributed by atoms with E-state index in [1.54, 1.807) is 19.1 Å². The van der Waals surface area contributed by atoms with Crippen LogP contribution in [0.4, 0.5) is 4.39 Å². The quantitative estimate of drug-likeness (QED) is 0.476. The number of ketones is 2. The zero-order valence-corrected chi connectivity index (χ0v) is 15.7. The Morgan fingerprint density at radius 2 is 1.53 bits per heavy atom.